The van der Waals surface area contributed by atoms with Crippen LogP contribution in [0.5, 0.6) is 0 Å². The zero-order valence-corrected chi connectivity index (χ0v) is 10.9. The summed E-state index contributed by atoms with van der Waals surface area (Å²) < 4.78 is 0. The third kappa shape index (κ3) is 1.98. The second-order valence-electron chi connectivity index (χ2n) is 4.62. The topological polar surface area (TPSA) is 54.4 Å². The van der Waals surface area contributed by atoms with Crippen LogP contribution in [0.1, 0.15) is 38.7 Å². The van der Waals surface area contributed by atoms with Crippen molar-refractivity contribution >= 4 is 23.1 Å². The van der Waals surface area contributed by atoms with Gasteiger partial charge in [0.1, 0.15) is 0 Å². The van der Waals surface area contributed by atoms with Gasteiger partial charge in [-0.25, -0.2) is 0 Å². The van der Waals surface area contributed by atoms with Crippen molar-refractivity contribution in [3.63, 3.8) is 0 Å². The Hall–Kier alpha value is -1.94. The molecule has 0 bridgehead atoms. The van der Waals surface area contributed by atoms with E-state index >= 15 is 0 Å². The van der Waals surface area contributed by atoms with Crippen molar-refractivity contribution in [3.05, 3.63) is 57.3 Å². The molecule has 0 spiro atoms. The van der Waals surface area contributed by atoms with Gasteiger partial charge in [0.05, 0.1) is 5.92 Å². The van der Waals surface area contributed by atoms with E-state index in [0.717, 1.165) is 10.4 Å². The van der Waals surface area contributed by atoms with Gasteiger partial charge in [0.2, 0.25) is 0 Å². The quantitative estimate of drug-likeness (QED) is 0.873. The molecule has 1 heterocycles. The highest BCUT2D eigenvalue weighted by Crippen LogP contribution is 2.40. The molecule has 3 rings (SSSR count). The Morgan fingerprint density at radius 2 is 1.95 bits per heavy atom. The van der Waals surface area contributed by atoms with Gasteiger partial charge in [0.25, 0.3) is 0 Å². The van der Waals surface area contributed by atoms with Gasteiger partial charge in [-0.1, -0.05) is 30.3 Å². The lowest BCUT2D eigenvalue weighted by molar-refractivity contribution is -0.138. The number of aliphatic carboxylic acids is 1. The lowest BCUT2D eigenvalue weighted by atomic mass is 10.0. The van der Waals surface area contributed by atoms with Gasteiger partial charge in [-0.15, -0.1) is 11.3 Å². The van der Waals surface area contributed by atoms with Crippen LogP contribution in [0.15, 0.2) is 35.7 Å². The lowest BCUT2D eigenvalue weighted by Gasteiger charge is -2.01. The molecule has 0 aliphatic heterocycles. The molecule has 1 aromatic heterocycles. The Morgan fingerprint density at radius 3 is 2.63 bits per heavy atom. The number of carboxylic acids is 1. The van der Waals surface area contributed by atoms with Gasteiger partial charge in [-0.05, 0) is 18.4 Å². The third-order valence-corrected chi connectivity index (χ3v) is 4.64. The normalized spacial score (nSPS) is 17.2. The number of carbonyl (C=O) groups excluding carboxylic acids is 1. The second-order valence-corrected chi connectivity index (χ2v) is 5.53. The maximum absolute atomic E-state index is 12.4. The molecule has 1 aliphatic rings. The first kappa shape index (κ1) is 12.1. The van der Waals surface area contributed by atoms with E-state index in [2.05, 4.69) is 0 Å². The first-order valence-corrected chi connectivity index (χ1v) is 6.99. The zero-order chi connectivity index (χ0) is 13.4. The van der Waals surface area contributed by atoms with Crippen molar-refractivity contribution in [1.29, 1.82) is 0 Å². The molecule has 1 N–H and O–H groups in total. The van der Waals surface area contributed by atoms with E-state index in [4.69, 9.17) is 5.11 Å². The summed E-state index contributed by atoms with van der Waals surface area (Å²) >= 11 is 1.40. The van der Waals surface area contributed by atoms with Crippen molar-refractivity contribution < 1.29 is 14.7 Å². The molecular weight excluding hydrogens is 260 g/mol. The molecule has 0 radical (unpaired) electrons. The molecule has 1 unspecified atom stereocenters. The Balaban J connectivity index is 1.99. The molecule has 2 aromatic rings. The van der Waals surface area contributed by atoms with Gasteiger partial charge >= 0.3 is 5.97 Å². The van der Waals surface area contributed by atoms with Crippen molar-refractivity contribution in [2.24, 2.45) is 0 Å². The molecule has 3 nitrogen and oxygen atoms in total. The largest absolute Gasteiger partial charge is 0.481 e. The molecular formula is C15H12O3S. The maximum atomic E-state index is 12.4. The average Bonchev–Trinajstić information content (AvgIpc) is 2.99. The smallest absolute Gasteiger partial charge is 0.311 e. The molecule has 4 heteroatoms. The van der Waals surface area contributed by atoms with Gasteiger partial charge in [0, 0.05) is 21.4 Å². The predicted octanol–water partition coefficient (Wildman–Crippen LogP) is 3.09. The number of thiophene rings is 1. The summed E-state index contributed by atoms with van der Waals surface area (Å²) in [5, 5.41) is 10.9. The van der Waals surface area contributed by atoms with Gasteiger partial charge in [-0.2, -0.15) is 0 Å². The van der Waals surface area contributed by atoms with E-state index in [1.165, 1.54) is 11.3 Å². The Labute approximate surface area is 114 Å². The van der Waals surface area contributed by atoms with Gasteiger partial charge in [-0.3, -0.25) is 9.59 Å². The van der Waals surface area contributed by atoms with E-state index in [9.17, 15) is 9.59 Å². The molecule has 0 saturated heterocycles. The van der Waals surface area contributed by atoms with Crippen LogP contribution in [0.3, 0.4) is 0 Å². The van der Waals surface area contributed by atoms with Crippen LogP contribution in [0.2, 0.25) is 0 Å². The highest BCUT2D eigenvalue weighted by molar-refractivity contribution is 7.10. The maximum Gasteiger partial charge on any atom is 0.311 e. The summed E-state index contributed by atoms with van der Waals surface area (Å²) in [6, 6.07) is 9.11. The van der Waals surface area contributed by atoms with E-state index in [-0.39, 0.29) is 5.78 Å². The van der Waals surface area contributed by atoms with Gasteiger partial charge < -0.3 is 5.11 Å². The fourth-order valence-electron chi connectivity index (χ4n) is 2.54. The molecule has 0 fully saturated rings. The van der Waals surface area contributed by atoms with E-state index < -0.39 is 11.9 Å². The van der Waals surface area contributed by atoms with E-state index in [1.54, 1.807) is 17.5 Å². The molecule has 1 atom stereocenters. The first-order chi connectivity index (χ1) is 9.18. The highest BCUT2D eigenvalue weighted by atomic mass is 32.1. The van der Waals surface area contributed by atoms with Crippen LogP contribution in [0.25, 0.3) is 0 Å². The minimum Gasteiger partial charge on any atom is -0.481 e. The fraction of sp³-hybridized carbons (Fsp3) is 0.200. The summed E-state index contributed by atoms with van der Waals surface area (Å²) in [5.41, 5.74) is 2.27. The van der Waals surface area contributed by atoms with Crippen molar-refractivity contribution in [3.8, 4) is 0 Å². The Kier molecular flexibility index (Phi) is 2.95. The van der Waals surface area contributed by atoms with Crippen LogP contribution in [-0.4, -0.2) is 16.9 Å². The Bertz CT molecular complexity index is 643. The van der Waals surface area contributed by atoms with E-state index in [0.29, 0.717) is 24.0 Å². The number of carboxylic acid groups (broad SMARTS) is 1. The molecule has 19 heavy (non-hydrogen) atoms. The minimum atomic E-state index is -0.792. The van der Waals surface area contributed by atoms with Crippen LogP contribution in [0.4, 0.5) is 0 Å². The van der Waals surface area contributed by atoms with Crippen LogP contribution >= 0.6 is 11.3 Å². The zero-order valence-electron chi connectivity index (χ0n) is 10.1. The molecule has 1 aromatic carbocycles. The van der Waals surface area contributed by atoms with E-state index in [1.807, 2.05) is 18.2 Å². The summed E-state index contributed by atoms with van der Waals surface area (Å²) in [7, 11) is 0. The fourth-order valence-corrected chi connectivity index (χ4v) is 3.77. The number of rotatable bonds is 3. The predicted molar refractivity (Wildman–Crippen MR) is 72.9 cm³/mol. The van der Waals surface area contributed by atoms with Crippen molar-refractivity contribution in [1.82, 2.24) is 0 Å². The van der Waals surface area contributed by atoms with Crippen LogP contribution in [0, 0.1) is 0 Å². The molecule has 96 valence electrons. The number of ketones is 1. The van der Waals surface area contributed by atoms with Crippen molar-refractivity contribution in [2.45, 2.75) is 18.8 Å². The molecule has 0 amide bonds. The monoisotopic (exact) mass is 272 g/mol. The number of hydrogen-bond acceptors (Lipinski definition) is 3. The van der Waals surface area contributed by atoms with Crippen LogP contribution in [-0.2, 0) is 11.2 Å². The Morgan fingerprint density at radius 1 is 1.21 bits per heavy atom. The summed E-state index contributed by atoms with van der Waals surface area (Å²) in [6.45, 7) is 0. The highest BCUT2D eigenvalue weighted by Gasteiger charge is 2.33. The molecule has 1 aliphatic carbocycles. The SMILES string of the molecule is O=C(c1ccccc1)c1csc2c1CCC2C(=O)O. The second kappa shape index (κ2) is 4.63. The van der Waals surface area contributed by atoms with Crippen molar-refractivity contribution in [2.75, 3.05) is 0 Å². The third-order valence-electron chi connectivity index (χ3n) is 3.50. The lowest BCUT2D eigenvalue weighted by Crippen LogP contribution is -2.06. The summed E-state index contributed by atoms with van der Waals surface area (Å²) in [6.07, 6.45) is 1.29. The number of fused-ring (bicyclic) bond motifs is 1. The van der Waals surface area contributed by atoms with Gasteiger partial charge in [0.15, 0.2) is 5.78 Å². The molecule has 0 saturated carbocycles. The van der Waals surface area contributed by atoms with Crippen LogP contribution < -0.4 is 0 Å². The number of hydrogen-bond donors (Lipinski definition) is 1. The first-order valence-electron chi connectivity index (χ1n) is 6.11. The summed E-state index contributed by atoms with van der Waals surface area (Å²) in [5.74, 6) is -1.24. The minimum absolute atomic E-state index is 0.0101. The number of carbonyl (C=O) groups is 2. The average molecular weight is 272 g/mol. The number of benzene rings is 1. The standard InChI is InChI=1S/C15H12O3S/c16-13(9-4-2-1-3-5-9)12-8-19-14-10(12)6-7-11(14)15(17)18/h1-5,8,11H,6-7H2,(H,17,18). The summed E-state index contributed by atoms with van der Waals surface area (Å²) in [4.78, 5) is 24.4.